The van der Waals surface area contributed by atoms with Gasteiger partial charge in [0.25, 0.3) is 0 Å². The Kier molecular flexibility index (Phi) is 3.36. The molecule has 0 amide bonds. The maximum atomic E-state index is 12.2. The van der Waals surface area contributed by atoms with Crippen LogP contribution >= 0.6 is 0 Å². The van der Waals surface area contributed by atoms with Crippen molar-refractivity contribution in [1.29, 1.82) is 5.26 Å². The lowest BCUT2D eigenvalue weighted by molar-refractivity contribution is 0.103. The SMILES string of the molecule is N#C/C(=C\c1ccc2ccccc2c1)C(=O)c1ccc[nH]1. The number of hydrogen-bond acceptors (Lipinski definition) is 2. The zero-order chi connectivity index (χ0) is 14.7. The van der Waals surface area contributed by atoms with Crippen molar-refractivity contribution in [3.8, 4) is 6.07 Å². The molecule has 3 rings (SSSR count). The molecule has 0 bridgehead atoms. The van der Waals surface area contributed by atoms with Gasteiger partial charge in [0.05, 0.1) is 5.69 Å². The van der Waals surface area contributed by atoms with Crippen LogP contribution in [0.2, 0.25) is 0 Å². The molecule has 0 radical (unpaired) electrons. The lowest BCUT2D eigenvalue weighted by atomic mass is 10.0. The van der Waals surface area contributed by atoms with E-state index in [1.165, 1.54) is 0 Å². The lowest BCUT2D eigenvalue weighted by Gasteiger charge is -2.00. The number of H-pyrrole nitrogens is 1. The van der Waals surface area contributed by atoms with Gasteiger partial charge in [0.1, 0.15) is 11.6 Å². The van der Waals surface area contributed by atoms with Crippen LogP contribution in [-0.2, 0) is 0 Å². The quantitative estimate of drug-likeness (QED) is 0.446. The number of aromatic nitrogens is 1. The highest BCUT2D eigenvalue weighted by molar-refractivity contribution is 6.13. The number of carbonyl (C=O) groups excluding carboxylic acids is 1. The summed E-state index contributed by atoms with van der Waals surface area (Å²) in [6.07, 6.45) is 3.29. The zero-order valence-electron chi connectivity index (χ0n) is 11.2. The molecule has 1 heterocycles. The highest BCUT2D eigenvalue weighted by atomic mass is 16.1. The minimum atomic E-state index is -0.296. The fourth-order valence-corrected chi connectivity index (χ4v) is 2.23. The van der Waals surface area contributed by atoms with Gasteiger partial charge >= 0.3 is 0 Å². The summed E-state index contributed by atoms with van der Waals surface area (Å²) in [5.41, 5.74) is 1.38. The smallest absolute Gasteiger partial charge is 0.219 e. The Labute approximate surface area is 122 Å². The van der Waals surface area contributed by atoms with E-state index in [2.05, 4.69) is 4.98 Å². The van der Waals surface area contributed by atoms with E-state index in [4.69, 9.17) is 0 Å². The largest absolute Gasteiger partial charge is 0.358 e. The Balaban J connectivity index is 2.01. The van der Waals surface area contributed by atoms with Crippen LogP contribution in [0.15, 0.2) is 66.4 Å². The van der Waals surface area contributed by atoms with Crippen molar-refractivity contribution >= 4 is 22.6 Å². The molecule has 2 aromatic carbocycles. The molecular weight excluding hydrogens is 260 g/mol. The van der Waals surface area contributed by atoms with Gasteiger partial charge in [0, 0.05) is 6.20 Å². The van der Waals surface area contributed by atoms with E-state index in [1.807, 2.05) is 48.5 Å². The van der Waals surface area contributed by atoms with Crippen LogP contribution in [0.5, 0.6) is 0 Å². The average Bonchev–Trinajstić information content (AvgIpc) is 3.06. The van der Waals surface area contributed by atoms with Gasteiger partial charge in [-0.2, -0.15) is 5.26 Å². The molecule has 0 spiro atoms. The number of hydrogen-bond donors (Lipinski definition) is 1. The van der Waals surface area contributed by atoms with Crippen molar-refractivity contribution in [2.75, 3.05) is 0 Å². The monoisotopic (exact) mass is 272 g/mol. The maximum absolute atomic E-state index is 12.2. The van der Waals surface area contributed by atoms with Gasteiger partial charge in [0.2, 0.25) is 5.78 Å². The first-order chi connectivity index (χ1) is 10.3. The van der Waals surface area contributed by atoms with Crippen molar-refractivity contribution in [3.05, 3.63) is 77.6 Å². The third-order valence-corrected chi connectivity index (χ3v) is 3.29. The van der Waals surface area contributed by atoms with E-state index in [0.717, 1.165) is 16.3 Å². The topological polar surface area (TPSA) is 56.6 Å². The molecule has 0 aliphatic carbocycles. The van der Waals surface area contributed by atoms with E-state index in [1.54, 1.807) is 24.4 Å². The van der Waals surface area contributed by atoms with Crippen LogP contribution in [-0.4, -0.2) is 10.8 Å². The van der Waals surface area contributed by atoms with Crippen LogP contribution in [0.4, 0.5) is 0 Å². The molecule has 3 nitrogen and oxygen atoms in total. The number of benzene rings is 2. The summed E-state index contributed by atoms with van der Waals surface area (Å²) in [7, 11) is 0. The molecule has 1 aromatic heterocycles. The highest BCUT2D eigenvalue weighted by Gasteiger charge is 2.12. The minimum Gasteiger partial charge on any atom is -0.358 e. The number of Topliss-reactive ketones (excluding diaryl/α,β-unsaturated/α-hetero) is 1. The first kappa shape index (κ1) is 12.9. The van der Waals surface area contributed by atoms with E-state index in [9.17, 15) is 10.1 Å². The van der Waals surface area contributed by atoms with E-state index >= 15 is 0 Å². The fraction of sp³-hybridized carbons (Fsp3) is 0. The van der Waals surface area contributed by atoms with Crippen LogP contribution in [0.1, 0.15) is 16.1 Å². The van der Waals surface area contributed by atoms with Crippen LogP contribution in [0.25, 0.3) is 16.8 Å². The lowest BCUT2D eigenvalue weighted by Crippen LogP contribution is -2.02. The number of nitriles is 1. The number of nitrogens with zero attached hydrogens (tertiary/aromatic N) is 1. The summed E-state index contributed by atoms with van der Waals surface area (Å²) >= 11 is 0. The van der Waals surface area contributed by atoms with Gasteiger partial charge in [-0.05, 0) is 40.6 Å². The van der Waals surface area contributed by atoms with Gasteiger partial charge in [-0.1, -0.05) is 36.4 Å². The molecule has 0 unspecified atom stereocenters. The number of rotatable bonds is 3. The van der Waals surface area contributed by atoms with Crippen molar-refractivity contribution in [1.82, 2.24) is 4.98 Å². The first-order valence-corrected chi connectivity index (χ1v) is 6.56. The average molecular weight is 272 g/mol. The summed E-state index contributed by atoms with van der Waals surface area (Å²) in [5, 5.41) is 11.4. The molecule has 0 saturated heterocycles. The Morgan fingerprint density at radius 2 is 1.86 bits per heavy atom. The van der Waals surface area contributed by atoms with Gasteiger partial charge in [-0.3, -0.25) is 4.79 Å². The number of fused-ring (bicyclic) bond motifs is 1. The Morgan fingerprint density at radius 1 is 1.05 bits per heavy atom. The van der Waals surface area contributed by atoms with E-state index in [0.29, 0.717) is 5.69 Å². The summed E-state index contributed by atoms with van der Waals surface area (Å²) in [4.78, 5) is 15.0. The molecule has 0 aliphatic rings. The normalized spacial score (nSPS) is 11.3. The number of aromatic amines is 1. The second-order valence-electron chi connectivity index (χ2n) is 4.69. The number of ketones is 1. The number of carbonyl (C=O) groups is 1. The summed E-state index contributed by atoms with van der Waals surface area (Å²) in [6, 6.07) is 19.2. The van der Waals surface area contributed by atoms with Crippen molar-refractivity contribution in [2.24, 2.45) is 0 Å². The molecule has 0 aliphatic heterocycles. The van der Waals surface area contributed by atoms with Gasteiger partial charge in [-0.25, -0.2) is 0 Å². The maximum Gasteiger partial charge on any atom is 0.219 e. The minimum absolute atomic E-state index is 0.118. The Morgan fingerprint density at radius 3 is 2.57 bits per heavy atom. The molecule has 1 N–H and O–H groups in total. The molecular formula is C18H12N2O. The predicted molar refractivity (Wildman–Crippen MR) is 82.7 cm³/mol. The second kappa shape index (κ2) is 5.48. The third kappa shape index (κ3) is 2.60. The van der Waals surface area contributed by atoms with E-state index in [-0.39, 0.29) is 11.4 Å². The third-order valence-electron chi connectivity index (χ3n) is 3.29. The fourth-order valence-electron chi connectivity index (χ4n) is 2.23. The first-order valence-electron chi connectivity index (χ1n) is 6.56. The van der Waals surface area contributed by atoms with Gasteiger partial charge < -0.3 is 4.98 Å². The molecule has 0 fully saturated rings. The summed E-state index contributed by atoms with van der Waals surface area (Å²) in [6.45, 7) is 0. The highest BCUT2D eigenvalue weighted by Crippen LogP contribution is 2.18. The molecule has 21 heavy (non-hydrogen) atoms. The molecule has 0 atom stereocenters. The van der Waals surface area contributed by atoms with Crippen molar-refractivity contribution in [3.63, 3.8) is 0 Å². The van der Waals surface area contributed by atoms with Gasteiger partial charge in [0.15, 0.2) is 0 Å². The second-order valence-corrected chi connectivity index (χ2v) is 4.69. The van der Waals surface area contributed by atoms with Crippen molar-refractivity contribution < 1.29 is 4.79 Å². The number of nitrogens with one attached hydrogen (secondary N) is 1. The molecule has 3 heteroatoms. The van der Waals surface area contributed by atoms with Crippen LogP contribution in [0, 0.1) is 11.3 Å². The standard InChI is InChI=1S/C18H12N2O/c19-12-16(18(21)17-6-3-9-20-17)11-13-7-8-14-4-1-2-5-15(14)10-13/h1-11,20H/b16-11+. The van der Waals surface area contributed by atoms with Crippen LogP contribution < -0.4 is 0 Å². The Hall–Kier alpha value is -3.12. The molecule has 0 saturated carbocycles. The molecule has 3 aromatic rings. The predicted octanol–water partition coefficient (Wildman–Crippen LogP) is 3.96. The number of allylic oxidation sites excluding steroid dienone is 1. The van der Waals surface area contributed by atoms with Crippen molar-refractivity contribution in [2.45, 2.75) is 0 Å². The van der Waals surface area contributed by atoms with Gasteiger partial charge in [-0.15, -0.1) is 0 Å². The summed E-state index contributed by atoms with van der Waals surface area (Å²) in [5.74, 6) is -0.296. The molecule has 100 valence electrons. The zero-order valence-corrected chi connectivity index (χ0v) is 11.2. The van der Waals surface area contributed by atoms with E-state index < -0.39 is 0 Å². The summed E-state index contributed by atoms with van der Waals surface area (Å²) < 4.78 is 0. The van der Waals surface area contributed by atoms with Crippen LogP contribution in [0.3, 0.4) is 0 Å². The Bertz CT molecular complexity index is 868.